The quantitative estimate of drug-likeness (QED) is 0.129. The summed E-state index contributed by atoms with van der Waals surface area (Å²) in [6.45, 7) is 3.98. The molecule has 2 aromatic carbocycles. The molecule has 0 saturated heterocycles. The molecule has 0 radical (unpaired) electrons. The number of hydrogen-bond acceptors (Lipinski definition) is 9. The number of hydrogen-bond donors (Lipinski definition) is 5. The molecule has 216 valence electrons. The van der Waals surface area contributed by atoms with Crippen molar-refractivity contribution in [2.24, 2.45) is 21.9 Å². The zero-order chi connectivity index (χ0) is 30.0. The lowest BCUT2D eigenvalue weighted by Crippen LogP contribution is -2.49. The number of carbonyl (C=O) groups is 3. The van der Waals surface area contributed by atoms with E-state index < -0.39 is 28.0 Å². The van der Waals surface area contributed by atoms with Crippen molar-refractivity contribution < 1.29 is 27.4 Å². The normalized spacial score (nSPS) is 12.2. The van der Waals surface area contributed by atoms with Crippen molar-refractivity contribution in [1.29, 1.82) is 0 Å². The van der Waals surface area contributed by atoms with Crippen molar-refractivity contribution in [2.45, 2.75) is 44.3 Å². The Morgan fingerprint density at radius 3 is 2.27 bits per heavy atom. The van der Waals surface area contributed by atoms with Crippen LogP contribution in [0.5, 0.6) is 0 Å². The van der Waals surface area contributed by atoms with Gasteiger partial charge in [-0.3, -0.25) is 29.8 Å². The summed E-state index contributed by atoms with van der Waals surface area (Å²) in [5, 5.41) is 10.6. The smallest absolute Gasteiger partial charge is 0.294 e. The first-order valence-electron chi connectivity index (χ1n) is 12.6. The molecule has 0 saturated carbocycles. The molecule has 3 aromatic rings. The van der Waals surface area contributed by atoms with Crippen molar-refractivity contribution >= 4 is 33.7 Å². The highest BCUT2D eigenvalue weighted by Gasteiger charge is 2.16. The van der Waals surface area contributed by atoms with E-state index in [1.54, 1.807) is 30.3 Å². The molecular weight excluding hydrogens is 550 g/mol. The molecule has 1 heterocycles. The summed E-state index contributed by atoms with van der Waals surface area (Å²) >= 11 is 0. The second-order valence-corrected chi connectivity index (χ2v) is 10.8. The lowest BCUT2D eigenvalue weighted by atomic mass is 10.0. The summed E-state index contributed by atoms with van der Waals surface area (Å²) in [6, 6.07) is 14.6. The van der Waals surface area contributed by atoms with Crippen molar-refractivity contribution in [3.63, 3.8) is 0 Å². The summed E-state index contributed by atoms with van der Waals surface area (Å²) < 4.78 is 32.2. The van der Waals surface area contributed by atoms with Crippen LogP contribution in [0, 0.1) is 5.92 Å². The summed E-state index contributed by atoms with van der Waals surface area (Å²) in [5.74, 6) is -0.913. The Labute approximate surface area is 237 Å². The first kappa shape index (κ1) is 31.0. The Kier molecular flexibility index (Phi) is 10.7. The van der Waals surface area contributed by atoms with Gasteiger partial charge in [-0.1, -0.05) is 44.2 Å². The lowest BCUT2D eigenvalue weighted by molar-refractivity contribution is -0.123. The number of rotatable bonds is 11. The van der Waals surface area contributed by atoms with E-state index in [1.165, 1.54) is 36.5 Å². The molecule has 0 aliphatic carbocycles. The van der Waals surface area contributed by atoms with Crippen LogP contribution < -0.4 is 21.9 Å². The van der Waals surface area contributed by atoms with Crippen LogP contribution in [0.4, 0.5) is 5.82 Å². The van der Waals surface area contributed by atoms with Crippen LogP contribution in [-0.4, -0.2) is 41.7 Å². The van der Waals surface area contributed by atoms with Crippen molar-refractivity contribution in [1.82, 2.24) is 21.2 Å². The molecule has 1 aromatic heterocycles. The molecule has 0 spiro atoms. The summed E-state index contributed by atoms with van der Waals surface area (Å²) in [6.07, 6.45) is 1.81. The SMILES string of the molecule is CC(C)C[C@H](N)C(=O)NNC(=O)c1ccc(CNC(=O)c2ccc(N=NCc3ccccc3S(=O)(=O)O)nc2)cc1. The van der Waals surface area contributed by atoms with E-state index in [2.05, 4.69) is 31.4 Å². The van der Waals surface area contributed by atoms with Gasteiger partial charge in [0.05, 0.1) is 23.0 Å². The highest BCUT2D eigenvalue weighted by molar-refractivity contribution is 7.85. The third kappa shape index (κ3) is 9.56. The molecule has 6 N–H and O–H groups in total. The van der Waals surface area contributed by atoms with Gasteiger partial charge in [0.1, 0.15) is 0 Å². The maximum absolute atomic E-state index is 12.5. The largest absolute Gasteiger partial charge is 0.348 e. The third-order valence-electron chi connectivity index (χ3n) is 5.71. The number of benzene rings is 2. The minimum Gasteiger partial charge on any atom is -0.348 e. The van der Waals surface area contributed by atoms with Crippen LogP contribution in [0.2, 0.25) is 0 Å². The number of azo groups is 1. The van der Waals surface area contributed by atoms with Gasteiger partial charge in [0.2, 0.25) is 0 Å². The summed E-state index contributed by atoms with van der Waals surface area (Å²) in [5.41, 5.74) is 12.1. The van der Waals surface area contributed by atoms with Gasteiger partial charge >= 0.3 is 0 Å². The molecule has 3 rings (SSSR count). The molecule has 41 heavy (non-hydrogen) atoms. The molecule has 0 bridgehead atoms. The minimum absolute atomic E-state index is 0.0958. The molecule has 0 unspecified atom stereocenters. The maximum Gasteiger partial charge on any atom is 0.294 e. The topological polar surface area (TPSA) is 205 Å². The second-order valence-electron chi connectivity index (χ2n) is 9.45. The van der Waals surface area contributed by atoms with E-state index in [9.17, 15) is 27.4 Å². The Morgan fingerprint density at radius 2 is 1.63 bits per heavy atom. The van der Waals surface area contributed by atoms with Crippen LogP contribution in [0.15, 0.2) is 82.0 Å². The van der Waals surface area contributed by atoms with E-state index >= 15 is 0 Å². The van der Waals surface area contributed by atoms with Gasteiger partial charge in [-0.2, -0.15) is 13.5 Å². The predicted molar refractivity (Wildman–Crippen MR) is 149 cm³/mol. The van der Waals surface area contributed by atoms with Crippen LogP contribution in [0.25, 0.3) is 0 Å². The fourth-order valence-electron chi connectivity index (χ4n) is 3.61. The van der Waals surface area contributed by atoms with Crippen LogP contribution >= 0.6 is 0 Å². The second kappa shape index (κ2) is 14.2. The molecule has 0 aliphatic heterocycles. The fourth-order valence-corrected chi connectivity index (χ4v) is 4.32. The van der Waals surface area contributed by atoms with Gasteiger partial charge < -0.3 is 11.1 Å². The molecule has 0 aliphatic rings. The standard InChI is InChI=1S/C27H31N7O6S/c1-17(2)13-22(28)27(37)34-33-26(36)19-9-7-18(8-10-19)14-30-25(35)21-11-12-24(29-15-21)32-31-16-20-5-3-4-6-23(20)41(38,39)40/h3-12,15,17,22H,13-14,16,28H2,1-2H3,(H,30,35)(H,33,36)(H,34,37)(H,38,39,40)/t22-/m0/s1. The van der Waals surface area contributed by atoms with Gasteiger partial charge in [0.25, 0.3) is 27.8 Å². The molecule has 14 heteroatoms. The highest BCUT2D eigenvalue weighted by Crippen LogP contribution is 2.17. The Morgan fingerprint density at radius 1 is 0.951 bits per heavy atom. The molecular formula is C27H31N7O6S. The van der Waals surface area contributed by atoms with Gasteiger partial charge in [-0.25, -0.2) is 4.98 Å². The number of nitrogens with two attached hydrogens (primary N) is 1. The number of pyridine rings is 1. The predicted octanol–water partition coefficient (Wildman–Crippen LogP) is 2.68. The number of amides is 3. The van der Waals surface area contributed by atoms with Crippen LogP contribution in [-0.2, 0) is 28.0 Å². The van der Waals surface area contributed by atoms with Gasteiger partial charge in [0, 0.05) is 18.3 Å². The van der Waals surface area contributed by atoms with Crippen LogP contribution in [0.1, 0.15) is 52.1 Å². The number of aromatic nitrogens is 1. The lowest BCUT2D eigenvalue weighted by Gasteiger charge is -2.14. The average Bonchev–Trinajstić information content (AvgIpc) is 2.94. The van der Waals surface area contributed by atoms with Crippen molar-refractivity contribution in [3.05, 3.63) is 89.1 Å². The Hall–Kier alpha value is -4.53. The first-order chi connectivity index (χ1) is 19.4. The Balaban J connectivity index is 1.48. The number of hydrazine groups is 1. The maximum atomic E-state index is 12.5. The summed E-state index contributed by atoms with van der Waals surface area (Å²) in [7, 11) is -4.38. The molecule has 0 fully saturated rings. The number of carbonyl (C=O) groups excluding carboxylic acids is 3. The third-order valence-corrected chi connectivity index (χ3v) is 6.66. The first-order valence-corrected chi connectivity index (χ1v) is 14.0. The van der Waals surface area contributed by atoms with E-state index in [1.807, 2.05) is 13.8 Å². The van der Waals surface area contributed by atoms with Crippen molar-refractivity contribution in [2.75, 3.05) is 0 Å². The zero-order valence-corrected chi connectivity index (χ0v) is 23.3. The van der Waals surface area contributed by atoms with E-state index in [-0.39, 0.29) is 46.8 Å². The average molecular weight is 582 g/mol. The minimum atomic E-state index is -4.38. The van der Waals surface area contributed by atoms with Gasteiger partial charge in [-0.05, 0) is 53.8 Å². The zero-order valence-electron chi connectivity index (χ0n) is 22.4. The highest BCUT2D eigenvalue weighted by atomic mass is 32.2. The van der Waals surface area contributed by atoms with E-state index in [0.29, 0.717) is 12.0 Å². The molecule has 3 amide bonds. The monoisotopic (exact) mass is 581 g/mol. The Bertz CT molecular complexity index is 1510. The number of nitrogens with zero attached hydrogens (tertiary/aromatic N) is 3. The fraction of sp³-hybridized carbons (Fsp3) is 0.259. The van der Waals surface area contributed by atoms with Crippen molar-refractivity contribution in [3.8, 4) is 0 Å². The van der Waals surface area contributed by atoms with E-state index in [0.717, 1.165) is 5.56 Å². The van der Waals surface area contributed by atoms with Gasteiger partial charge in [-0.15, -0.1) is 5.11 Å². The molecule has 13 nitrogen and oxygen atoms in total. The molecule has 1 atom stereocenters. The van der Waals surface area contributed by atoms with Gasteiger partial charge in [0.15, 0.2) is 5.82 Å². The van der Waals surface area contributed by atoms with E-state index in [4.69, 9.17) is 5.73 Å². The number of nitrogens with one attached hydrogen (secondary N) is 3. The van der Waals surface area contributed by atoms with Crippen LogP contribution in [0.3, 0.4) is 0 Å². The summed E-state index contributed by atoms with van der Waals surface area (Å²) in [4.78, 5) is 40.6.